The van der Waals surface area contributed by atoms with Crippen molar-refractivity contribution in [3.8, 4) is 0 Å². The third kappa shape index (κ3) is 1.79. The van der Waals surface area contributed by atoms with Gasteiger partial charge in [-0.3, -0.25) is 4.79 Å². The molecule has 0 radical (unpaired) electrons. The lowest BCUT2D eigenvalue weighted by Gasteiger charge is -2.19. The maximum atomic E-state index is 11.6. The van der Waals surface area contributed by atoms with Crippen LogP contribution in [-0.4, -0.2) is 12.5 Å². The Morgan fingerprint density at radius 3 is 2.80 bits per heavy atom. The molecule has 1 heterocycles. The average molecular weight is 225 g/mol. The number of aryl methyl sites for hydroxylation is 1. The second-order valence-corrected chi connectivity index (χ2v) is 4.22. The van der Waals surface area contributed by atoms with E-state index in [9.17, 15) is 4.79 Å². The number of carbonyl (C=O) groups excluding carboxylic acids is 1. The molecule has 3 nitrogen and oxygen atoms in total. The van der Waals surface area contributed by atoms with Crippen molar-refractivity contribution in [1.82, 2.24) is 0 Å². The van der Waals surface area contributed by atoms with Crippen molar-refractivity contribution in [2.45, 2.75) is 19.8 Å². The number of hydrogen-bond acceptors (Lipinski definition) is 2. The summed E-state index contributed by atoms with van der Waals surface area (Å²) in [6.45, 7) is 2.72. The van der Waals surface area contributed by atoms with Crippen molar-refractivity contribution < 1.29 is 4.79 Å². The molecule has 1 aliphatic rings. The van der Waals surface area contributed by atoms with Crippen LogP contribution < -0.4 is 10.6 Å². The van der Waals surface area contributed by atoms with E-state index in [1.165, 1.54) is 0 Å². The van der Waals surface area contributed by atoms with Crippen LogP contribution in [0, 0.1) is 6.92 Å². The summed E-state index contributed by atoms with van der Waals surface area (Å²) in [5.41, 5.74) is 8.14. The van der Waals surface area contributed by atoms with E-state index in [1.807, 2.05) is 6.92 Å². The van der Waals surface area contributed by atoms with Crippen LogP contribution in [0.15, 0.2) is 12.1 Å². The van der Waals surface area contributed by atoms with Crippen LogP contribution in [-0.2, 0) is 4.79 Å². The number of nitrogens with zero attached hydrogens (tertiary/aromatic N) is 1. The number of carbonyl (C=O) groups is 1. The number of nitrogens with two attached hydrogens (primary N) is 1. The number of halogens is 1. The number of amides is 1. The van der Waals surface area contributed by atoms with Crippen molar-refractivity contribution in [2.75, 3.05) is 17.2 Å². The van der Waals surface area contributed by atoms with Gasteiger partial charge in [0.25, 0.3) is 0 Å². The summed E-state index contributed by atoms with van der Waals surface area (Å²) >= 11 is 5.90. The Labute approximate surface area is 93.8 Å². The van der Waals surface area contributed by atoms with Gasteiger partial charge >= 0.3 is 0 Å². The van der Waals surface area contributed by atoms with Gasteiger partial charge in [0.05, 0.1) is 10.7 Å². The lowest BCUT2D eigenvalue weighted by atomic mass is 10.1. The molecule has 80 valence electrons. The lowest BCUT2D eigenvalue weighted by molar-refractivity contribution is -0.117. The molecule has 15 heavy (non-hydrogen) atoms. The highest BCUT2D eigenvalue weighted by Crippen LogP contribution is 2.31. The van der Waals surface area contributed by atoms with Gasteiger partial charge in [-0.15, -0.1) is 0 Å². The monoisotopic (exact) mass is 224 g/mol. The highest BCUT2D eigenvalue weighted by atomic mass is 35.5. The molecule has 1 aromatic carbocycles. The van der Waals surface area contributed by atoms with Gasteiger partial charge in [-0.25, -0.2) is 0 Å². The maximum Gasteiger partial charge on any atom is 0.227 e. The first-order chi connectivity index (χ1) is 7.09. The molecule has 2 rings (SSSR count). The van der Waals surface area contributed by atoms with Crippen molar-refractivity contribution in [1.29, 1.82) is 0 Å². The molecule has 2 N–H and O–H groups in total. The summed E-state index contributed by atoms with van der Waals surface area (Å²) in [6.07, 6.45) is 1.54. The minimum absolute atomic E-state index is 0.167. The second-order valence-electron chi connectivity index (χ2n) is 3.81. The largest absolute Gasteiger partial charge is 0.397 e. The number of hydrogen-bond donors (Lipinski definition) is 1. The molecular weight excluding hydrogens is 212 g/mol. The summed E-state index contributed by atoms with van der Waals surface area (Å²) in [6, 6.07) is 3.58. The first-order valence-corrected chi connectivity index (χ1v) is 5.33. The van der Waals surface area contributed by atoms with E-state index < -0.39 is 0 Å². The Morgan fingerprint density at radius 2 is 2.20 bits per heavy atom. The first-order valence-electron chi connectivity index (χ1n) is 4.95. The summed E-state index contributed by atoms with van der Waals surface area (Å²) in [4.78, 5) is 13.4. The van der Waals surface area contributed by atoms with Crippen molar-refractivity contribution in [3.05, 3.63) is 22.7 Å². The van der Waals surface area contributed by atoms with Crippen molar-refractivity contribution in [2.24, 2.45) is 0 Å². The van der Waals surface area contributed by atoms with E-state index in [1.54, 1.807) is 17.0 Å². The van der Waals surface area contributed by atoms with Crippen LogP contribution in [0.4, 0.5) is 11.4 Å². The van der Waals surface area contributed by atoms with Gasteiger partial charge in [0, 0.05) is 18.7 Å². The van der Waals surface area contributed by atoms with E-state index in [0.29, 0.717) is 17.1 Å². The predicted molar refractivity (Wildman–Crippen MR) is 62.2 cm³/mol. The van der Waals surface area contributed by atoms with Crippen LogP contribution >= 0.6 is 11.6 Å². The summed E-state index contributed by atoms with van der Waals surface area (Å²) in [5.74, 6) is 0.167. The van der Waals surface area contributed by atoms with Gasteiger partial charge in [0.2, 0.25) is 5.91 Å². The molecule has 0 bridgehead atoms. The van der Waals surface area contributed by atoms with Crippen molar-refractivity contribution >= 4 is 28.9 Å². The maximum absolute atomic E-state index is 11.6. The molecule has 0 aromatic heterocycles. The summed E-state index contributed by atoms with van der Waals surface area (Å²) in [5, 5.41) is 0.544. The third-order valence-corrected chi connectivity index (χ3v) is 3.01. The Morgan fingerprint density at radius 1 is 1.47 bits per heavy atom. The predicted octanol–water partition coefficient (Wildman–Crippen LogP) is 2.36. The van der Waals surface area contributed by atoms with Gasteiger partial charge < -0.3 is 10.6 Å². The molecule has 1 saturated heterocycles. The fourth-order valence-corrected chi connectivity index (χ4v) is 2.09. The van der Waals surface area contributed by atoms with E-state index in [2.05, 4.69) is 0 Å². The minimum Gasteiger partial charge on any atom is -0.397 e. The zero-order chi connectivity index (χ0) is 11.0. The molecular formula is C11H13ClN2O. The Kier molecular flexibility index (Phi) is 2.57. The zero-order valence-corrected chi connectivity index (χ0v) is 9.34. The number of anilines is 2. The molecule has 4 heteroatoms. The Balaban J connectivity index is 2.43. The fraction of sp³-hybridized carbons (Fsp3) is 0.364. The van der Waals surface area contributed by atoms with Crippen LogP contribution in [0.5, 0.6) is 0 Å². The molecule has 1 fully saturated rings. The van der Waals surface area contributed by atoms with Crippen LogP contribution in [0.2, 0.25) is 5.02 Å². The fourth-order valence-electron chi connectivity index (χ4n) is 1.87. The molecule has 0 saturated carbocycles. The normalized spacial score (nSPS) is 16.1. The topological polar surface area (TPSA) is 46.3 Å². The van der Waals surface area contributed by atoms with E-state index in [0.717, 1.165) is 24.2 Å². The number of nitrogen functional groups attached to an aromatic ring is 1. The Hall–Kier alpha value is -1.22. The van der Waals surface area contributed by atoms with Gasteiger partial charge in [-0.05, 0) is 31.0 Å². The lowest BCUT2D eigenvalue weighted by Crippen LogP contribution is -2.24. The molecule has 0 aliphatic carbocycles. The molecule has 1 aliphatic heterocycles. The smallest absolute Gasteiger partial charge is 0.227 e. The quantitative estimate of drug-likeness (QED) is 0.745. The summed E-state index contributed by atoms with van der Waals surface area (Å²) < 4.78 is 0. The third-order valence-electron chi connectivity index (χ3n) is 2.68. The van der Waals surface area contributed by atoms with Crippen LogP contribution in [0.25, 0.3) is 0 Å². The standard InChI is InChI=1S/C11H13ClN2O/c1-7-5-8(12)9(13)6-10(7)14-4-2-3-11(14)15/h5-6H,2-4,13H2,1H3. The Bertz CT molecular complexity index is 417. The second kappa shape index (κ2) is 3.74. The molecule has 0 atom stereocenters. The van der Waals surface area contributed by atoms with E-state index in [-0.39, 0.29) is 5.91 Å². The SMILES string of the molecule is Cc1cc(Cl)c(N)cc1N1CCCC1=O. The summed E-state index contributed by atoms with van der Waals surface area (Å²) in [7, 11) is 0. The van der Waals surface area contributed by atoms with E-state index in [4.69, 9.17) is 17.3 Å². The minimum atomic E-state index is 0.167. The van der Waals surface area contributed by atoms with Gasteiger partial charge in [0.15, 0.2) is 0 Å². The molecule has 1 amide bonds. The average Bonchev–Trinajstić information content (AvgIpc) is 2.58. The van der Waals surface area contributed by atoms with Gasteiger partial charge in [0.1, 0.15) is 0 Å². The zero-order valence-electron chi connectivity index (χ0n) is 8.59. The molecule has 1 aromatic rings. The molecule has 0 spiro atoms. The highest BCUT2D eigenvalue weighted by molar-refractivity contribution is 6.33. The van der Waals surface area contributed by atoms with Gasteiger partial charge in [-0.2, -0.15) is 0 Å². The van der Waals surface area contributed by atoms with Crippen LogP contribution in [0.1, 0.15) is 18.4 Å². The molecule has 0 unspecified atom stereocenters. The van der Waals surface area contributed by atoms with E-state index >= 15 is 0 Å². The van der Waals surface area contributed by atoms with Crippen molar-refractivity contribution in [3.63, 3.8) is 0 Å². The van der Waals surface area contributed by atoms with Crippen LogP contribution in [0.3, 0.4) is 0 Å². The highest BCUT2D eigenvalue weighted by Gasteiger charge is 2.23. The number of rotatable bonds is 1. The van der Waals surface area contributed by atoms with Gasteiger partial charge in [-0.1, -0.05) is 11.6 Å². The first kappa shape index (κ1) is 10.3. The number of benzene rings is 1.